The van der Waals surface area contributed by atoms with E-state index in [1.807, 2.05) is 6.08 Å². The van der Waals surface area contributed by atoms with Crippen molar-refractivity contribution in [2.45, 2.75) is 424 Å². The number of ether oxygens (including phenoxy) is 1. The van der Waals surface area contributed by atoms with E-state index in [0.717, 1.165) is 51.4 Å². The molecular weight excluding hydrogens is 1010 g/mol. The van der Waals surface area contributed by atoms with E-state index in [2.05, 4.69) is 43.5 Å². The van der Waals surface area contributed by atoms with E-state index in [9.17, 15) is 19.8 Å². The highest BCUT2D eigenvalue weighted by atomic mass is 16.5. The van der Waals surface area contributed by atoms with Crippen molar-refractivity contribution in [3.05, 3.63) is 36.5 Å². The highest BCUT2D eigenvalue weighted by Gasteiger charge is 2.18. The van der Waals surface area contributed by atoms with Gasteiger partial charge in [-0.25, -0.2) is 0 Å². The van der Waals surface area contributed by atoms with E-state index < -0.39 is 12.1 Å². The maximum atomic E-state index is 12.5. The van der Waals surface area contributed by atoms with Crippen molar-refractivity contribution in [1.82, 2.24) is 5.32 Å². The van der Waals surface area contributed by atoms with Gasteiger partial charge in [0.05, 0.1) is 25.4 Å². The second kappa shape index (κ2) is 71.6. The first-order chi connectivity index (χ1) is 40.5. The van der Waals surface area contributed by atoms with Crippen molar-refractivity contribution in [2.75, 3.05) is 13.2 Å². The zero-order valence-electron chi connectivity index (χ0n) is 55.5. The van der Waals surface area contributed by atoms with Crippen molar-refractivity contribution in [3.8, 4) is 0 Å². The van der Waals surface area contributed by atoms with E-state index in [-0.39, 0.29) is 18.5 Å². The predicted molar refractivity (Wildman–Crippen MR) is 361 cm³/mol. The molecule has 82 heavy (non-hydrogen) atoms. The first kappa shape index (κ1) is 80.1. The van der Waals surface area contributed by atoms with Crippen LogP contribution in [0.15, 0.2) is 36.5 Å². The Morgan fingerprint density at radius 2 is 0.610 bits per heavy atom. The molecule has 0 saturated heterocycles. The molecule has 0 fully saturated rings. The lowest BCUT2D eigenvalue weighted by Gasteiger charge is -2.20. The molecule has 0 aromatic heterocycles. The van der Waals surface area contributed by atoms with E-state index in [1.54, 1.807) is 6.08 Å². The van der Waals surface area contributed by atoms with Crippen molar-refractivity contribution < 1.29 is 24.5 Å². The summed E-state index contributed by atoms with van der Waals surface area (Å²) in [4.78, 5) is 24.6. The Morgan fingerprint density at radius 1 is 0.341 bits per heavy atom. The lowest BCUT2D eigenvalue weighted by atomic mass is 10.0. The molecule has 6 nitrogen and oxygen atoms in total. The summed E-state index contributed by atoms with van der Waals surface area (Å²) in [5, 5.41) is 23.2. The molecule has 0 aliphatic carbocycles. The minimum absolute atomic E-state index is 0.0117. The number of hydrogen-bond donors (Lipinski definition) is 3. The third-order valence-electron chi connectivity index (χ3n) is 17.4. The van der Waals surface area contributed by atoms with Gasteiger partial charge < -0.3 is 20.3 Å². The standard InChI is InChI=1S/C76H145NO5/c1-3-5-7-9-11-13-15-17-19-21-33-36-40-44-48-52-56-60-64-68-74(79)73(72-78)77-75(80)69-65-61-57-53-49-45-41-37-34-31-29-27-25-23-24-26-28-30-32-35-39-43-47-51-55-59-63-67-71-82-76(81)70-66-62-58-54-50-46-42-38-22-20-18-16-14-12-10-8-6-4-2/h14,16,20,22,64,68,73-74,78-79H,3-13,15,17-19,21,23-63,65-67,69-72H2,1-2H3,(H,77,80)/b16-14-,22-20-,68-64+. The maximum absolute atomic E-state index is 12.5. The van der Waals surface area contributed by atoms with Gasteiger partial charge in [-0.15, -0.1) is 0 Å². The summed E-state index contributed by atoms with van der Waals surface area (Å²) >= 11 is 0. The molecule has 0 aliphatic rings. The summed E-state index contributed by atoms with van der Waals surface area (Å²) in [5.74, 6) is -0.0495. The van der Waals surface area contributed by atoms with Gasteiger partial charge in [0.1, 0.15) is 0 Å². The zero-order chi connectivity index (χ0) is 59.2. The van der Waals surface area contributed by atoms with Crippen LogP contribution < -0.4 is 5.32 Å². The molecule has 0 bridgehead atoms. The molecule has 484 valence electrons. The quantitative estimate of drug-likeness (QED) is 0.0320. The molecule has 2 atom stereocenters. The molecule has 0 heterocycles. The van der Waals surface area contributed by atoms with Crippen LogP contribution in [-0.2, 0) is 14.3 Å². The molecule has 0 saturated carbocycles. The van der Waals surface area contributed by atoms with Crippen LogP contribution in [0.1, 0.15) is 412 Å². The summed E-state index contributed by atoms with van der Waals surface area (Å²) in [6, 6.07) is -0.626. The second-order valence-corrected chi connectivity index (χ2v) is 25.6. The number of esters is 1. The number of hydrogen-bond acceptors (Lipinski definition) is 5. The number of amides is 1. The first-order valence-corrected chi connectivity index (χ1v) is 37.3. The van der Waals surface area contributed by atoms with Gasteiger partial charge in [-0.1, -0.05) is 371 Å². The average molecular weight is 1150 g/mol. The molecule has 6 heteroatoms. The van der Waals surface area contributed by atoms with Crippen molar-refractivity contribution in [1.29, 1.82) is 0 Å². The summed E-state index contributed by atoms with van der Waals surface area (Å²) in [6.07, 6.45) is 92.4. The monoisotopic (exact) mass is 1150 g/mol. The minimum Gasteiger partial charge on any atom is -0.466 e. The molecule has 0 spiro atoms. The van der Waals surface area contributed by atoms with Crippen LogP contribution in [0.5, 0.6) is 0 Å². The molecule has 0 aliphatic heterocycles. The van der Waals surface area contributed by atoms with Crippen LogP contribution in [0.3, 0.4) is 0 Å². The maximum Gasteiger partial charge on any atom is 0.305 e. The van der Waals surface area contributed by atoms with Crippen molar-refractivity contribution in [2.24, 2.45) is 0 Å². The Hall–Kier alpha value is -1.92. The normalized spacial score (nSPS) is 12.7. The number of allylic oxidation sites excluding steroid dienone is 5. The van der Waals surface area contributed by atoms with E-state index in [0.29, 0.717) is 19.4 Å². The molecule has 0 aromatic carbocycles. The number of rotatable bonds is 70. The highest BCUT2D eigenvalue weighted by Crippen LogP contribution is 2.19. The topological polar surface area (TPSA) is 95.9 Å². The number of aliphatic hydroxyl groups excluding tert-OH is 2. The number of nitrogens with one attached hydrogen (secondary N) is 1. The zero-order valence-corrected chi connectivity index (χ0v) is 55.5. The van der Waals surface area contributed by atoms with Crippen LogP contribution in [0, 0.1) is 0 Å². The molecular formula is C76H145NO5. The Morgan fingerprint density at radius 3 is 0.939 bits per heavy atom. The van der Waals surface area contributed by atoms with Crippen LogP contribution >= 0.6 is 0 Å². The summed E-state index contributed by atoms with van der Waals surface area (Å²) in [7, 11) is 0. The number of carbonyl (C=O) groups is 2. The van der Waals surface area contributed by atoms with Gasteiger partial charge >= 0.3 is 5.97 Å². The van der Waals surface area contributed by atoms with Crippen LogP contribution in [0.25, 0.3) is 0 Å². The van der Waals surface area contributed by atoms with Crippen LogP contribution in [0.4, 0.5) is 0 Å². The van der Waals surface area contributed by atoms with E-state index in [1.165, 1.54) is 334 Å². The van der Waals surface area contributed by atoms with E-state index >= 15 is 0 Å². The Balaban J connectivity index is 3.36. The predicted octanol–water partition coefficient (Wildman–Crippen LogP) is 24.3. The van der Waals surface area contributed by atoms with Gasteiger partial charge in [0.15, 0.2) is 0 Å². The van der Waals surface area contributed by atoms with Gasteiger partial charge in [0.25, 0.3) is 0 Å². The average Bonchev–Trinajstić information content (AvgIpc) is 3.48. The fourth-order valence-electron chi connectivity index (χ4n) is 11.7. The van der Waals surface area contributed by atoms with Crippen LogP contribution in [0.2, 0.25) is 0 Å². The second-order valence-electron chi connectivity index (χ2n) is 25.6. The number of carbonyl (C=O) groups excluding carboxylic acids is 2. The smallest absolute Gasteiger partial charge is 0.305 e. The van der Waals surface area contributed by atoms with Gasteiger partial charge in [-0.2, -0.15) is 0 Å². The third-order valence-corrected chi connectivity index (χ3v) is 17.4. The summed E-state index contributed by atoms with van der Waals surface area (Å²) in [5.41, 5.74) is 0. The Labute approximate surface area is 513 Å². The van der Waals surface area contributed by atoms with Gasteiger partial charge in [-0.3, -0.25) is 9.59 Å². The highest BCUT2D eigenvalue weighted by molar-refractivity contribution is 5.76. The largest absolute Gasteiger partial charge is 0.466 e. The minimum atomic E-state index is -0.843. The number of unbranched alkanes of at least 4 members (excludes halogenated alkanes) is 55. The Bertz CT molecular complexity index is 1330. The van der Waals surface area contributed by atoms with Crippen LogP contribution in [-0.4, -0.2) is 47.4 Å². The molecule has 0 aromatic rings. The number of aliphatic hydroxyl groups is 2. The molecule has 3 N–H and O–H groups in total. The van der Waals surface area contributed by atoms with Gasteiger partial charge in [-0.05, 0) is 64.2 Å². The molecule has 0 rings (SSSR count). The molecule has 2 unspecified atom stereocenters. The van der Waals surface area contributed by atoms with Crippen molar-refractivity contribution in [3.63, 3.8) is 0 Å². The lowest BCUT2D eigenvalue weighted by Crippen LogP contribution is -2.45. The molecule has 0 radical (unpaired) electrons. The SMILES string of the molecule is CCCCCC/C=C\C/C=C\CCCCCCCCCC(=O)OCCCCCCCCCCCCCCCCCCCCCCCCCCCCCCC(=O)NC(CO)C(O)/C=C/CCCCCCCCCCCCCCCCCCC. The van der Waals surface area contributed by atoms with Gasteiger partial charge in [0, 0.05) is 12.8 Å². The van der Waals surface area contributed by atoms with Gasteiger partial charge in [0.2, 0.25) is 5.91 Å². The summed E-state index contributed by atoms with van der Waals surface area (Å²) in [6.45, 7) is 4.92. The fraction of sp³-hybridized carbons (Fsp3) is 0.895. The van der Waals surface area contributed by atoms with Crippen molar-refractivity contribution >= 4 is 11.9 Å². The van der Waals surface area contributed by atoms with E-state index in [4.69, 9.17) is 4.74 Å². The first-order valence-electron chi connectivity index (χ1n) is 37.3. The third kappa shape index (κ3) is 67.2. The Kier molecular flexibility index (Phi) is 69.9. The lowest BCUT2D eigenvalue weighted by molar-refractivity contribution is -0.143. The summed E-state index contributed by atoms with van der Waals surface area (Å²) < 4.78 is 5.51. The molecule has 1 amide bonds. The fourth-order valence-corrected chi connectivity index (χ4v) is 11.7.